The van der Waals surface area contributed by atoms with E-state index in [1.165, 1.54) is 18.6 Å². The van der Waals surface area contributed by atoms with Gasteiger partial charge in [-0.3, -0.25) is 0 Å². The monoisotopic (exact) mass is 192 g/mol. The van der Waals surface area contributed by atoms with E-state index in [-0.39, 0.29) is 0 Å². The van der Waals surface area contributed by atoms with E-state index in [2.05, 4.69) is 27.7 Å². The molecule has 68 valence electrons. The largest absolute Gasteiger partial charge is 0.0939 e. The van der Waals surface area contributed by atoms with Crippen LogP contribution >= 0.6 is 21.6 Å². The van der Waals surface area contributed by atoms with E-state index in [0.717, 1.165) is 11.2 Å². The van der Waals surface area contributed by atoms with Gasteiger partial charge in [0.25, 0.3) is 0 Å². The van der Waals surface area contributed by atoms with Crippen LogP contribution in [0.1, 0.15) is 40.5 Å². The molecule has 0 spiro atoms. The minimum absolute atomic E-state index is 0.777. The zero-order valence-corrected chi connectivity index (χ0v) is 9.73. The van der Waals surface area contributed by atoms with Gasteiger partial charge in [0, 0.05) is 11.0 Å². The molecular weight excluding hydrogens is 172 g/mol. The number of hydrogen-bond donors (Lipinski definition) is 0. The molecule has 0 aliphatic rings. The van der Waals surface area contributed by atoms with Gasteiger partial charge in [-0.1, -0.05) is 55.7 Å². The van der Waals surface area contributed by atoms with Gasteiger partial charge in [0.15, 0.2) is 0 Å². The Morgan fingerprint density at radius 1 is 1.09 bits per heavy atom. The van der Waals surface area contributed by atoms with Crippen molar-refractivity contribution >= 4 is 21.6 Å². The standard InChI is InChI=1S/C9H20S2/c1-8(2)6-5-7-10-11-9(3)4/h8-9H,5-7H2,1-4H3. The second kappa shape index (κ2) is 7.35. The fraction of sp³-hybridized carbons (Fsp3) is 1.00. The molecule has 11 heavy (non-hydrogen) atoms. The third-order valence-electron chi connectivity index (χ3n) is 1.27. The summed E-state index contributed by atoms with van der Waals surface area (Å²) < 4.78 is 0. The van der Waals surface area contributed by atoms with Crippen molar-refractivity contribution in [2.24, 2.45) is 5.92 Å². The maximum atomic E-state index is 2.29. The van der Waals surface area contributed by atoms with Gasteiger partial charge in [-0.25, -0.2) is 0 Å². The molecule has 0 atom stereocenters. The highest BCUT2D eigenvalue weighted by molar-refractivity contribution is 8.76. The maximum absolute atomic E-state index is 2.29. The summed E-state index contributed by atoms with van der Waals surface area (Å²) >= 11 is 0. The first-order chi connectivity index (χ1) is 5.13. The van der Waals surface area contributed by atoms with Gasteiger partial charge in [-0.15, -0.1) is 0 Å². The maximum Gasteiger partial charge on any atom is 0.00944 e. The summed E-state index contributed by atoms with van der Waals surface area (Å²) in [5, 5.41) is 0.777. The lowest BCUT2D eigenvalue weighted by Crippen LogP contribution is -1.88. The molecular formula is C9H20S2. The highest BCUT2D eigenvalue weighted by atomic mass is 33.1. The molecule has 0 radical (unpaired) electrons. The van der Waals surface area contributed by atoms with Crippen molar-refractivity contribution in [3.05, 3.63) is 0 Å². The molecule has 0 aliphatic heterocycles. The van der Waals surface area contributed by atoms with E-state index in [9.17, 15) is 0 Å². The summed E-state index contributed by atoms with van der Waals surface area (Å²) in [6.07, 6.45) is 2.76. The Morgan fingerprint density at radius 3 is 2.18 bits per heavy atom. The zero-order chi connectivity index (χ0) is 8.69. The lowest BCUT2D eigenvalue weighted by Gasteiger charge is -2.05. The molecule has 0 unspecified atom stereocenters. The second-order valence-corrected chi connectivity index (χ2v) is 6.57. The van der Waals surface area contributed by atoms with E-state index in [0.29, 0.717) is 0 Å². The molecule has 0 aromatic heterocycles. The Labute approximate surface area is 79.3 Å². The number of rotatable bonds is 6. The quantitative estimate of drug-likeness (QED) is 0.457. The Hall–Kier alpha value is 0.700. The predicted octanol–water partition coefficient (Wildman–Crippen LogP) is 4.21. The topological polar surface area (TPSA) is 0 Å². The summed E-state index contributed by atoms with van der Waals surface area (Å²) in [6.45, 7) is 9.08. The summed E-state index contributed by atoms with van der Waals surface area (Å²) in [4.78, 5) is 0. The molecule has 2 heteroatoms. The van der Waals surface area contributed by atoms with Crippen LogP contribution in [0.2, 0.25) is 0 Å². The highest BCUT2D eigenvalue weighted by Crippen LogP contribution is 2.27. The first-order valence-corrected chi connectivity index (χ1v) is 6.79. The molecule has 0 saturated carbocycles. The van der Waals surface area contributed by atoms with Crippen LogP contribution in [0.15, 0.2) is 0 Å². The van der Waals surface area contributed by atoms with Crippen LogP contribution in [-0.4, -0.2) is 11.0 Å². The van der Waals surface area contributed by atoms with Crippen LogP contribution in [0.4, 0.5) is 0 Å². The van der Waals surface area contributed by atoms with Gasteiger partial charge in [0.05, 0.1) is 0 Å². The molecule has 0 N–H and O–H groups in total. The molecule has 0 saturated heterocycles. The summed E-state index contributed by atoms with van der Waals surface area (Å²) in [5.74, 6) is 2.20. The van der Waals surface area contributed by atoms with E-state index in [1.807, 2.05) is 21.6 Å². The van der Waals surface area contributed by atoms with Crippen LogP contribution in [0, 0.1) is 5.92 Å². The van der Waals surface area contributed by atoms with Gasteiger partial charge >= 0.3 is 0 Å². The minimum Gasteiger partial charge on any atom is -0.0939 e. The van der Waals surface area contributed by atoms with Crippen molar-refractivity contribution in [3.63, 3.8) is 0 Å². The van der Waals surface area contributed by atoms with E-state index in [1.54, 1.807) is 0 Å². The smallest absolute Gasteiger partial charge is 0.00944 e. The average Bonchev–Trinajstić information content (AvgIpc) is 1.85. The highest BCUT2D eigenvalue weighted by Gasteiger charge is 1.96. The van der Waals surface area contributed by atoms with Crippen molar-refractivity contribution in [3.8, 4) is 0 Å². The zero-order valence-electron chi connectivity index (χ0n) is 8.09. The normalized spacial score (nSPS) is 11.5. The number of hydrogen-bond acceptors (Lipinski definition) is 2. The molecule has 0 aromatic carbocycles. The molecule has 0 aliphatic carbocycles. The lowest BCUT2D eigenvalue weighted by atomic mass is 10.1. The Kier molecular flexibility index (Phi) is 7.82. The van der Waals surface area contributed by atoms with Gasteiger partial charge in [-0.05, 0) is 12.3 Å². The van der Waals surface area contributed by atoms with Crippen molar-refractivity contribution in [1.82, 2.24) is 0 Å². The summed E-state index contributed by atoms with van der Waals surface area (Å²) in [7, 11) is 4.02. The van der Waals surface area contributed by atoms with Crippen molar-refractivity contribution in [2.45, 2.75) is 45.8 Å². The average molecular weight is 192 g/mol. The van der Waals surface area contributed by atoms with Crippen LogP contribution in [-0.2, 0) is 0 Å². The molecule has 0 rings (SSSR count). The third kappa shape index (κ3) is 10.7. The van der Waals surface area contributed by atoms with Crippen molar-refractivity contribution < 1.29 is 0 Å². The first kappa shape index (κ1) is 11.7. The Balaban J connectivity index is 2.91. The van der Waals surface area contributed by atoms with E-state index < -0.39 is 0 Å². The predicted molar refractivity (Wildman–Crippen MR) is 59.3 cm³/mol. The van der Waals surface area contributed by atoms with Crippen molar-refractivity contribution in [2.75, 3.05) is 5.75 Å². The molecule has 0 aromatic rings. The fourth-order valence-electron chi connectivity index (χ4n) is 0.735. The van der Waals surface area contributed by atoms with E-state index in [4.69, 9.17) is 0 Å². The molecule has 0 heterocycles. The van der Waals surface area contributed by atoms with Crippen LogP contribution in [0.25, 0.3) is 0 Å². The molecule has 0 bridgehead atoms. The van der Waals surface area contributed by atoms with Gasteiger partial charge < -0.3 is 0 Å². The third-order valence-corrected chi connectivity index (χ3v) is 4.31. The molecule has 0 fully saturated rings. The van der Waals surface area contributed by atoms with Gasteiger partial charge in [0.1, 0.15) is 0 Å². The molecule has 0 nitrogen and oxygen atoms in total. The van der Waals surface area contributed by atoms with Crippen molar-refractivity contribution in [1.29, 1.82) is 0 Å². The SMILES string of the molecule is CC(C)CCCSSC(C)C. The fourth-order valence-corrected chi connectivity index (χ4v) is 2.85. The minimum atomic E-state index is 0.777. The van der Waals surface area contributed by atoms with Crippen LogP contribution in [0.3, 0.4) is 0 Å². The molecule has 0 amide bonds. The Morgan fingerprint density at radius 2 is 1.73 bits per heavy atom. The van der Waals surface area contributed by atoms with E-state index >= 15 is 0 Å². The first-order valence-electron chi connectivity index (χ1n) is 4.41. The Bertz CT molecular complexity index is 69.6. The van der Waals surface area contributed by atoms with Crippen LogP contribution < -0.4 is 0 Å². The van der Waals surface area contributed by atoms with Gasteiger partial charge in [-0.2, -0.15) is 0 Å². The summed E-state index contributed by atoms with van der Waals surface area (Å²) in [6, 6.07) is 0. The summed E-state index contributed by atoms with van der Waals surface area (Å²) in [5.41, 5.74) is 0. The van der Waals surface area contributed by atoms with Gasteiger partial charge in [0.2, 0.25) is 0 Å². The lowest BCUT2D eigenvalue weighted by molar-refractivity contribution is 0.579. The van der Waals surface area contributed by atoms with Crippen LogP contribution in [0.5, 0.6) is 0 Å². The second-order valence-electron chi connectivity index (χ2n) is 3.50.